The van der Waals surface area contributed by atoms with E-state index >= 15 is 0 Å². The molecule has 0 radical (unpaired) electrons. The Hall–Kier alpha value is -7.75. The summed E-state index contributed by atoms with van der Waals surface area (Å²) in [6.07, 6.45) is 8.39. The van der Waals surface area contributed by atoms with Gasteiger partial charge < -0.3 is 43.7 Å². The van der Waals surface area contributed by atoms with Crippen molar-refractivity contribution >= 4 is 82.9 Å². The van der Waals surface area contributed by atoms with Gasteiger partial charge in [0.05, 0.1) is 54.2 Å². The molecule has 25 nitrogen and oxygen atoms in total. The summed E-state index contributed by atoms with van der Waals surface area (Å²) in [5.41, 5.74) is -3.63. The number of pyridine rings is 2. The van der Waals surface area contributed by atoms with E-state index in [1.807, 2.05) is 56.3 Å². The van der Waals surface area contributed by atoms with Crippen LogP contribution in [0.4, 0.5) is 4.79 Å². The number of ketones is 2. The molecule has 4 aliphatic carbocycles. The van der Waals surface area contributed by atoms with Crippen LogP contribution in [0.5, 0.6) is 23.3 Å². The molecular weight excluding hydrogens is 1270 g/mol. The van der Waals surface area contributed by atoms with Gasteiger partial charge in [-0.25, -0.2) is 36.4 Å². The summed E-state index contributed by atoms with van der Waals surface area (Å²) in [4.78, 5) is 104. The molecule has 6 fully saturated rings. The summed E-state index contributed by atoms with van der Waals surface area (Å²) in [5, 5.41) is 13.6. The van der Waals surface area contributed by atoms with Crippen molar-refractivity contribution < 1.29 is 83.9 Å². The van der Waals surface area contributed by atoms with E-state index in [9.17, 15) is 50.4 Å². The normalized spacial score (nSPS) is 24.4. The van der Waals surface area contributed by atoms with Crippen LogP contribution in [0.1, 0.15) is 126 Å². The van der Waals surface area contributed by atoms with Crippen LogP contribution in [0, 0.1) is 28.6 Å². The Morgan fingerprint density at radius 3 is 1.61 bits per heavy atom. The second kappa shape index (κ2) is 29.3. The van der Waals surface area contributed by atoms with Gasteiger partial charge in [-0.15, -0.1) is 13.2 Å². The summed E-state index contributed by atoms with van der Waals surface area (Å²) in [7, 11) is -2.83. The molecule has 4 amide bonds. The highest BCUT2D eigenvalue weighted by Gasteiger charge is 2.63. The zero-order chi connectivity index (χ0) is 69.8. The highest BCUT2D eigenvalue weighted by molar-refractivity contribution is 7.91. The number of Topliss-reactive ketones (excluding diaryl/α,β-unsaturated/α-hetero) is 2. The average molecular weight is 1360 g/mol. The first kappa shape index (κ1) is 73.1. The van der Waals surface area contributed by atoms with Gasteiger partial charge in [-0.3, -0.25) is 38.3 Å². The van der Waals surface area contributed by atoms with Crippen molar-refractivity contribution in [3.63, 3.8) is 0 Å². The molecule has 2 saturated heterocycles. The van der Waals surface area contributed by atoms with Crippen LogP contribution >= 0.6 is 0 Å². The first-order valence-electron chi connectivity index (χ1n) is 32.1. The van der Waals surface area contributed by atoms with Crippen molar-refractivity contribution in [1.82, 2.24) is 34.5 Å². The summed E-state index contributed by atoms with van der Waals surface area (Å²) in [6, 6.07) is 12.3. The van der Waals surface area contributed by atoms with Gasteiger partial charge in [0.15, 0.2) is 11.6 Å². The number of allylic oxidation sites excluding steroid dienone is 2. The molecule has 4 heterocycles. The number of carbonyl (C=O) groups is 7. The first-order valence-corrected chi connectivity index (χ1v) is 35.2. The molecule has 2 aliphatic heterocycles. The lowest BCUT2D eigenvalue weighted by Crippen LogP contribution is -2.55. The Labute approximate surface area is 555 Å². The summed E-state index contributed by atoms with van der Waals surface area (Å²) >= 11 is 0. The number of sulfonamides is 2. The number of aliphatic hydroxyl groups is 1. The second-order valence-corrected chi connectivity index (χ2v) is 31.5. The highest BCUT2D eigenvalue weighted by Crippen LogP contribution is 2.58. The molecule has 3 unspecified atom stereocenters. The number of carbonyl (C=O) groups excluding carboxylic acids is 7. The summed E-state index contributed by atoms with van der Waals surface area (Å²) in [5.74, 6) is -1.62. The van der Waals surface area contributed by atoms with E-state index in [2.05, 4.69) is 37.9 Å². The van der Waals surface area contributed by atoms with Crippen LogP contribution in [0.15, 0.2) is 86.2 Å². The average Bonchev–Trinajstić information content (AvgIpc) is 1.58. The molecular formula is C68H91N7O18S2. The van der Waals surface area contributed by atoms with Crippen LogP contribution in [-0.2, 0) is 58.3 Å². The van der Waals surface area contributed by atoms with Crippen LogP contribution in [0.2, 0.25) is 0 Å². The third-order valence-corrected chi connectivity index (χ3v) is 21.7. The van der Waals surface area contributed by atoms with E-state index in [-0.39, 0.29) is 56.0 Å². The zero-order valence-corrected chi connectivity index (χ0v) is 57.6. The largest absolute Gasteiger partial charge is 0.497 e. The Morgan fingerprint density at radius 2 is 1.20 bits per heavy atom. The number of amides is 4. The summed E-state index contributed by atoms with van der Waals surface area (Å²) < 4.78 is 87.9. The maximum absolute atomic E-state index is 14.6. The van der Waals surface area contributed by atoms with E-state index in [0.717, 1.165) is 21.9 Å². The lowest BCUT2D eigenvalue weighted by molar-refractivity contribution is -0.158. The van der Waals surface area contributed by atoms with Gasteiger partial charge in [-0.05, 0) is 157 Å². The fourth-order valence-corrected chi connectivity index (χ4v) is 14.9. The van der Waals surface area contributed by atoms with E-state index in [4.69, 9.17) is 33.5 Å². The van der Waals surface area contributed by atoms with Gasteiger partial charge in [0, 0.05) is 62.4 Å². The third-order valence-electron chi connectivity index (χ3n) is 18.0. The smallest absolute Gasteiger partial charge is 0.410 e. The number of nitrogens with one attached hydrogen (secondary N) is 3. The number of aromatic nitrogens is 2. The lowest BCUT2D eigenvalue weighted by Gasteiger charge is -2.36. The molecule has 4 aromatic rings. The standard InChI is InChI=1S/C37H50N4O9S.C25H29N3O6S.C6H12O3/c1-9-22(3)31(40(7)35(45)50-36(4,5)6)33(43)41-21-26(49-32-28-14-11-25(48-8)17-23(28)15-16-38-32)18-29(41)30(42)20-37(19-24(37)10-2)34(44)39-51(46,47)27-12-13-27;1-3-16-12-25(16,24(30)28-35(31,32)19-5-6-19)13-22(29)21-11-18(14-27-21)34-23-20-7-4-17(33-2)10-15(20)8-9-26-23;1-6(2,3)9-5(8)4-7/h10-11,14-17,22,24,26-27,29,31H,2,9,12-13,18-21H2,1,3-8H3,(H,39,44);3-4,7-10,16,18-19,21,27H,1,5-6,11-14H2,2H3,(H,28,30);7H,4H2,1-3H3/t22-,24+,26?,29-,31?,37+;16-,18?,21+,25-;/m01./s1. The molecule has 2 aromatic heterocycles. The quantitative estimate of drug-likeness (QED) is 0.0381. The van der Waals surface area contributed by atoms with Gasteiger partial charge in [-0.2, -0.15) is 0 Å². The fourth-order valence-electron chi connectivity index (χ4n) is 12.1. The SMILES string of the molecule is C=C[C@@H]1C[C@]1(CC(=O)[C@@H]1CC(Oc2nccc3cc(OC)ccc23)CN1)C(=O)NS(=O)(=O)C1CC1.C=C[C@@H]1C[C@]1(CC(=O)[C@@H]1CC(Oc2nccc3cc(OC)ccc23)CN1C(=O)C([C@@H](C)CC)N(C)C(=O)OC(C)(C)C)C(=O)NS(=O)(=O)C1CC1.CC(C)(C)OC(=O)CO. The lowest BCUT2D eigenvalue weighted by atomic mass is 9.91. The first-order chi connectivity index (χ1) is 44.6. The van der Waals surface area contributed by atoms with Gasteiger partial charge in [0.25, 0.3) is 0 Å². The number of hydrogen-bond donors (Lipinski definition) is 4. The molecule has 4 N–H and O–H groups in total. The molecule has 0 spiro atoms. The molecule has 95 heavy (non-hydrogen) atoms. The molecule has 0 bridgehead atoms. The molecule has 518 valence electrons. The number of aliphatic hydroxyl groups excluding tert-OH is 1. The number of nitrogens with zero attached hydrogens (tertiary/aromatic N) is 4. The number of hydrogen-bond acceptors (Lipinski definition) is 21. The molecule has 10 rings (SSSR count). The molecule has 27 heteroatoms. The van der Waals surface area contributed by atoms with Crippen molar-refractivity contribution in [2.24, 2.45) is 28.6 Å². The number of esters is 1. The number of likely N-dealkylation sites (N-methyl/N-ethyl adjacent to an activating group) is 1. The highest BCUT2D eigenvalue weighted by atomic mass is 32.2. The van der Waals surface area contributed by atoms with Crippen molar-refractivity contribution in [2.45, 2.75) is 178 Å². The van der Waals surface area contributed by atoms with E-state index in [1.54, 1.807) is 86.4 Å². The predicted molar refractivity (Wildman–Crippen MR) is 353 cm³/mol. The Morgan fingerprint density at radius 1 is 0.726 bits per heavy atom. The summed E-state index contributed by atoms with van der Waals surface area (Å²) in [6.45, 7) is 21.7. The Balaban J connectivity index is 0.000000226. The van der Waals surface area contributed by atoms with Gasteiger partial charge >= 0.3 is 12.1 Å². The molecule has 2 aromatic carbocycles. The van der Waals surface area contributed by atoms with E-state index in [1.165, 1.54) is 16.8 Å². The number of methoxy groups -OCH3 is 2. The fraction of sp³-hybridized carbons (Fsp3) is 0.574. The number of likely N-dealkylation sites (tertiary alicyclic amines) is 1. The number of rotatable bonds is 25. The maximum Gasteiger partial charge on any atom is 0.410 e. The minimum atomic E-state index is -3.85. The van der Waals surface area contributed by atoms with Gasteiger partial charge in [0.2, 0.25) is 49.5 Å². The molecule has 6 aliphatic rings. The van der Waals surface area contributed by atoms with Crippen molar-refractivity contribution in [1.29, 1.82) is 0 Å². The number of ether oxygens (including phenoxy) is 6. The zero-order valence-electron chi connectivity index (χ0n) is 56.0. The monoisotopic (exact) mass is 1360 g/mol. The minimum Gasteiger partial charge on any atom is -0.497 e. The third kappa shape index (κ3) is 17.8. The topological polar surface area (TPSA) is 332 Å². The van der Waals surface area contributed by atoms with E-state index in [0.29, 0.717) is 74.4 Å². The van der Waals surface area contributed by atoms with Crippen molar-refractivity contribution in [3.05, 3.63) is 86.2 Å². The van der Waals surface area contributed by atoms with Crippen LogP contribution in [0.3, 0.4) is 0 Å². The van der Waals surface area contributed by atoms with Crippen molar-refractivity contribution in [2.75, 3.05) is 41.0 Å². The van der Waals surface area contributed by atoms with Crippen LogP contribution in [-0.4, -0.2) is 176 Å². The van der Waals surface area contributed by atoms with Crippen LogP contribution < -0.4 is 33.7 Å². The van der Waals surface area contributed by atoms with Gasteiger partial charge in [-0.1, -0.05) is 32.4 Å². The number of fused-ring (bicyclic) bond motifs is 2. The predicted octanol–water partition coefficient (Wildman–Crippen LogP) is 7.07. The van der Waals surface area contributed by atoms with Crippen molar-refractivity contribution in [3.8, 4) is 23.3 Å². The van der Waals surface area contributed by atoms with Crippen LogP contribution in [0.25, 0.3) is 21.5 Å². The Kier molecular flexibility index (Phi) is 22.5. The maximum atomic E-state index is 14.6. The minimum absolute atomic E-state index is 0.0126. The Bertz CT molecular complexity index is 3810. The number of benzene rings is 2. The molecule has 10 atom stereocenters. The molecule has 4 saturated carbocycles. The second-order valence-electron chi connectivity index (χ2n) is 27.5. The van der Waals surface area contributed by atoms with Gasteiger partial charge in [0.1, 0.15) is 47.6 Å². The van der Waals surface area contributed by atoms with E-state index < -0.39 is 125 Å².